The van der Waals surface area contributed by atoms with Crippen molar-refractivity contribution in [2.24, 2.45) is 0 Å². The van der Waals surface area contributed by atoms with Crippen LogP contribution in [-0.2, 0) is 12.8 Å². The van der Waals surface area contributed by atoms with E-state index in [0.717, 1.165) is 18.6 Å². The predicted octanol–water partition coefficient (Wildman–Crippen LogP) is 3.67. The minimum Gasteiger partial charge on any atom is -0.497 e. The molecule has 1 aromatic carbocycles. The number of pyridine rings is 1. The zero-order valence-corrected chi connectivity index (χ0v) is 11.8. The molecule has 3 heteroatoms. The second-order valence-electron chi connectivity index (χ2n) is 5.00. The van der Waals surface area contributed by atoms with Crippen LogP contribution in [0.3, 0.4) is 0 Å². The number of ether oxygens (including phenoxy) is 1. The Bertz CT molecular complexity index is 716. The van der Waals surface area contributed by atoms with Crippen molar-refractivity contribution in [1.82, 2.24) is 9.97 Å². The highest BCUT2D eigenvalue weighted by Crippen LogP contribution is 2.27. The molecule has 0 aliphatic carbocycles. The number of hydrogen-bond acceptors (Lipinski definition) is 2. The molecule has 0 radical (unpaired) electrons. The lowest BCUT2D eigenvalue weighted by molar-refractivity contribution is 0.415. The van der Waals surface area contributed by atoms with Gasteiger partial charge in [0.1, 0.15) is 5.75 Å². The molecule has 0 unspecified atom stereocenters. The summed E-state index contributed by atoms with van der Waals surface area (Å²) in [6.07, 6.45) is 5.73. The molecule has 3 nitrogen and oxygen atoms in total. The fraction of sp³-hybridized carbons (Fsp3) is 0.235. The molecule has 0 atom stereocenters. The maximum Gasteiger partial charge on any atom is 0.119 e. The number of H-pyrrole nitrogens is 1. The van der Waals surface area contributed by atoms with Gasteiger partial charge < -0.3 is 9.72 Å². The van der Waals surface area contributed by atoms with Crippen LogP contribution in [0.4, 0.5) is 0 Å². The minimum absolute atomic E-state index is 0.904. The first-order valence-electron chi connectivity index (χ1n) is 6.82. The van der Waals surface area contributed by atoms with Crippen molar-refractivity contribution in [3.8, 4) is 5.75 Å². The number of nitrogens with zero attached hydrogens (tertiary/aromatic N) is 1. The van der Waals surface area contributed by atoms with E-state index in [9.17, 15) is 0 Å². The Morgan fingerprint density at radius 3 is 2.65 bits per heavy atom. The maximum absolute atomic E-state index is 5.33. The molecule has 0 aliphatic rings. The van der Waals surface area contributed by atoms with Gasteiger partial charge in [-0.25, -0.2) is 0 Å². The topological polar surface area (TPSA) is 37.9 Å². The molecule has 0 spiro atoms. The molecule has 3 rings (SSSR count). The molecule has 2 heterocycles. The third-order valence-corrected chi connectivity index (χ3v) is 3.74. The second-order valence-corrected chi connectivity index (χ2v) is 5.00. The Kier molecular flexibility index (Phi) is 3.42. The number of benzene rings is 1. The molecule has 0 fully saturated rings. The quantitative estimate of drug-likeness (QED) is 0.782. The zero-order chi connectivity index (χ0) is 13.9. The van der Waals surface area contributed by atoms with Gasteiger partial charge in [0.25, 0.3) is 0 Å². The van der Waals surface area contributed by atoms with Crippen LogP contribution in [-0.4, -0.2) is 17.1 Å². The average Bonchev–Trinajstić information content (AvgIpc) is 2.80. The van der Waals surface area contributed by atoms with E-state index in [0.29, 0.717) is 0 Å². The van der Waals surface area contributed by atoms with Crippen LogP contribution in [0.1, 0.15) is 16.8 Å². The summed E-state index contributed by atoms with van der Waals surface area (Å²) < 4.78 is 5.33. The third-order valence-electron chi connectivity index (χ3n) is 3.74. The van der Waals surface area contributed by atoms with Crippen molar-refractivity contribution in [2.45, 2.75) is 19.8 Å². The maximum atomic E-state index is 5.33. The van der Waals surface area contributed by atoms with Gasteiger partial charge in [0.05, 0.1) is 7.11 Å². The molecule has 0 bridgehead atoms. The Hall–Kier alpha value is -2.29. The van der Waals surface area contributed by atoms with Crippen LogP contribution >= 0.6 is 0 Å². The highest BCUT2D eigenvalue weighted by molar-refractivity contribution is 5.86. The summed E-state index contributed by atoms with van der Waals surface area (Å²) in [5, 5.41) is 1.26. The van der Waals surface area contributed by atoms with E-state index in [1.54, 1.807) is 7.11 Å². The number of aromatic nitrogens is 2. The van der Waals surface area contributed by atoms with Gasteiger partial charge in [-0.3, -0.25) is 4.98 Å². The van der Waals surface area contributed by atoms with Crippen molar-refractivity contribution < 1.29 is 4.74 Å². The highest BCUT2D eigenvalue weighted by Gasteiger charge is 2.09. The van der Waals surface area contributed by atoms with E-state index in [1.807, 2.05) is 18.5 Å². The lowest BCUT2D eigenvalue weighted by atomic mass is 10.0. The van der Waals surface area contributed by atoms with Gasteiger partial charge in [-0.05, 0) is 61.2 Å². The lowest BCUT2D eigenvalue weighted by Crippen LogP contribution is -1.93. The van der Waals surface area contributed by atoms with E-state index in [1.165, 1.54) is 27.7 Å². The monoisotopic (exact) mass is 266 g/mol. The molecule has 20 heavy (non-hydrogen) atoms. The first kappa shape index (κ1) is 12.7. The largest absolute Gasteiger partial charge is 0.497 e. The molecule has 102 valence electrons. The van der Waals surface area contributed by atoms with Crippen molar-refractivity contribution in [1.29, 1.82) is 0 Å². The Morgan fingerprint density at radius 2 is 1.90 bits per heavy atom. The van der Waals surface area contributed by atoms with Crippen LogP contribution in [0.2, 0.25) is 0 Å². The van der Waals surface area contributed by atoms with Gasteiger partial charge in [0, 0.05) is 29.0 Å². The minimum atomic E-state index is 0.904. The van der Waals surface area contributed by atoms with Crippen molar-refractivity contribution in [3.05, 3.63) is 59.5 Å². The third kappa shape index (κ3) is 2.39. The first-order chi connectivity index (χ1) is 9.78. The predicted molar refractivity (Wildman–Crippen MR) is 81.2 cm³/mol. The number of nitrogens with one attached hydrogen (secondary N) is 1. The Balaban J connectivity index is 1.92. The summed E-state index contributed by atoms with van der Waals surface area (Å²) in [7, 11) is 1.71. The van der Waals surface area contributed by atoms with Crippen LogP contribution < -0.4 is 4.74 Å². The molecule has 0 amide bonds. The number of aryl methyl sites for hydroxylation is 3. The fourth-order valence-corrected chi connectivity index (χ4v) is 2.63. The van der Waals surface area contributed by atoms with Crippen molar-refractivity contribution >= 4 is 10.9 Å². The van der Waals surface area contributed by atoms with Crippen LogP contribution in [0.25, 0.3) is 10.9 Å². The van der Waals surface area contributed by atoms with Gasteiger partial charge in [0.2, 0.25) is 0 Å². The fourth-order valence-electron chi connectivity index (χ4n) is 2.63. The molecular formula is C17H18N2O. The number of methoxy groups -OCH3 is 1. The summed E-state index contributed by atoms with van der Waals surface area (Å²) in [5.74, 6) is 0.904. The van der Waals surface area contributed by atoms with Crippen molar-refractivity contribution in [3.63, 3.8) is 0 Å². The SMILES string of the molecule is COc1ccc2[nH]c(C)c(CCc3ccncc3)c2c1. The molecular weight excluding hydrogens is 248 g/mol. The normalized spacial score (nSPS) is 10.9. The van der Waals surface area contributed by atoms with Gasteiger partial charge in [-0.1, -0.05) is 0 Å². The molecule has 0 aliphatic heterocycles. The summed E-state index contributed by atoms with van der Waals surface area (Å²) >= 11 is 0. The summed E-state index contributed by atoms with van der Waals surface area (Å²) in [4.78, 5) is 7.50. The van der Waals surface area contributed by atoms with Gasteiger partial charge in [-0.2, -0.15) is 0 Å². The zero-order valence-electron chi connectivity index (χ0n) is 11.8. The van der Waals surface area contributed by atoms with E-state index >= 15 is 0 Å². The van der Waals surface area contributed by atoms with E-state index < -0.39 is 0 Å². The van der Waals surface area contributed by atoms with Crippen LogP contribution in [0.15, 0.2) is 42.7 Å². The van der Waals surface area contributed by atoms with Gasteiger partial charge in [-0.15, -0.1) is 0 Å². The van der Waals surface area contributed by atoms with E-state index in [-0.39, 0.29) is 0 Å². The van der Waals surface area contributed by atoms with Gasteiger partial charge >= 0.3 is 0 Å². The smallest absolute Gasteiger partial charge is 0.119 e. The molecule has 0 saturated heterocycles. The number of hydrogen-bond donors (Lipinski definition) is 1. The molecule has 1 N–H and O–H groups in total. The standard InChI is InChI=1S/C17H18N2O/c1-12-15(5-3-13-7-9-18-10-8-13)16-11-14(20-2)4-6-17(16)19-12/h4,6-11,19H,3,5H2,1-2H3. The van der Waals surface area contributed by atoms with E-state index in [2.05, 4.69) is 41.2 Å². The first-order valence-corrected chi connectivity index (χ1v) is 6.82. The molecule has 2 aromatic heterocycles. The second kappa shape index (κ2) is 5.37. The number of rotatable bonds is 4. The highest BCUT2D eigenvalue weighted by atomic mass is 16.5. The van der Waals surface area contributed by atoms with Crippen molar-refractivity contribution in [2.75, 3.05) is 7.11 Å². The van der Waals surface area contributed by atoms with Crippen LogP contribution in [0.5, 0.6) is 5.75 Å². The summed E-state index contributed by atoms with van der Waals surface area (Å²) in [5.41, 5.74) is 5.10. The molecule has 0 saturated carbocycles. The van der Waals surface area contributed by atoms with E-state index in [4.69, 9.17) is 4.74 Å². The Morgan fingerprint density at radius 1 is 1.10 bits per heavy atom. The lowest BCUT2D eigenvalue weighted by Gasteiger charge is -2.04. The average molecular weight is 266 g/mol. The Labute approximate surface area is 118 Å². The molecule has 3 aromatic rings. The number of fused-ring (bicyclic) bond motifs is 1. The van der Waals surface area contributed by atoms with Gasteiger partial charge in [0.15, 0.2) is 0 Å². The number of aromatic amines is 1. The summed E-state index contributed by atoms with van der Waals surface area (Å²) in [6.45, 7) is 2.13. The van der Waals surface area contributed by atoms with Crippen LogP contribution in [0, 0.1) is 6.92 Å². The summed E-state index contributed by atoms with van der Waals surface area (Å²) in [6, 6.07) is 10.3.